The lowest BCUT2D eigenvalue weighted by Crippen LogP contribution is -2.22. The number of hydrogen-bond donors (Lipinski definition) is 1. The van der Waals surface area contributed by atoms with Gasteiger partial charge >= 0.3 is 0 Å². The molecule has 0 radical (unpaired) electrons. The van der Waals surface area contributed by atoms with E-state index in [1.165, 1.54) is 30.4 Å². The van der Waals surface area contributed by atoms with Gasteiger partial charge in [0.2, 0.25) is 0 Å². The van der Waals surface area contributed by atoms with E-state index < -0.39 is 0 Å². The fourth-order valence-corrected chi connectivity index (χ4v) is 5.25. The van der Waals surface area contributed by atoms with Crippen molar-refractivity contribution in [1.29, 1.82) is 0 Å². The van der Waals surface area contributed by atoms with Gasteiger partial charge < -0.3 is 5.73 Å². The molecule has 0 spiro atoms. The average molecular weight is 328 g/mol. The predicted octanol–water partition coefficient (Wildman–Crippen LogP) is 4.69. The third-order valence-electron chi connectivity index (χ3n) is 3.53. The van der Waals surface area contributed by atoms with Gasteiger partial charge in [0.15, 0.2) is 0 Å². The van der Waals surface area contributed by atoms with Crippen molar-refractivity contribution < 1.29 is 0 Å². The summed E-state index contributed by atoms with van der Waals surface area (Å²) in [6.07, 6.45) is 3.72. The van der Waals surface area contributed by atoms with Crippen LogP contribution in [0.1, 0.15) is 40.8 Å². The first-order valence-electron chi connectivity index (χ1n) is 5.81. The molecule has 0 amide bonds. The van der Waals surface area contributed by atoms with E-state index in [0.29, 0.717) is 5.92 Å². The first-order chi connectivity index (χ1) is 8.27. The van der Waals surface area contributed by atoms with Gasteiger partial charge in [-0.3, -0.25) is 0 Å². The van der Waals surface area contributed by atoms with Crippen molar-refractivity contribution in [2.75, 3.05) is 0 Å². The number of hydrogen-bond acceptors (Lipinski definition) is 3. The standard InChI is InChI=1S/C13H14BrNS2/c14-11-7-16-6-10(11)13(15)9-2-1-3-12-8(9)4-5-17-12/h4-7,9,13H,1-3,15H2. The van der Waals surface area contributed by atoms with Crippen LogP contribution >= 0.6 is 38.6 Å². The summed E-state index contributed by atoms with van der Waals surface area (Å²) in [7, 11) is 0. The number of halogens is 1. The Labute approximate surface area is 118 Å². The van der Waals surface area contributed by atoms with Crippen molar-refractivity contribution in [3.8, 4) is 0 Å². The number of nitrogens with two attached hydrogens (primary N) is 1. The van der Waals surface area contributed by atoms with Gasteiger partial charge in [-0.05, 0) is 63.1 Å². The van der Waals surface area contributed by atoms with Crippen molar-refractivity contribution >= 4 is 38.6 Å². The molecule has 2 aromatic rings. The molecule has 0 bridgehead atoms. The maximum Gasteiger partial charge on any atom is 0.0384 e. The molecule has 3 rings (SSSR count). The molecule has 0 aliphatic heterocycles. The Morgan fingerprint density at radius 3 is 3.06 bits per heavy atom. The third kappa shape index (κ3) is 2.12. The van der Waals surface area contributed by atoms with Crippen LogP contribution in [-0.4, -0.2) is 0 Å². The summed E-state index contributed by atoms with van der Waals surface area (Å²) in [5, 5.41) is 6.50. The Kier molecular flexibility index (Phi) is 3.39. The van der Waals surface area contributed by atoms with Gasteiger partial charge in [0.05, 0.1) is 0 Å². The molecule has 2 atom stereocenters. The second kappa shape index (κ2) is 4.84. The Bertz CT molecular complexity index is 517. The lowest BCUT2D eigenvalue weighted by Gasteiger charge is -2.28. The molecule has 90 valence electrons. The van der Waals surface area contributed by atoms with Crippen molar-refractivity contribution in [3.63, 3.8) is 0 Å². The highest BCUT2D eigenvalue weighted by atomic mass is 79.9. The Hall–Kier alpha value is -0.160. The molecule has 0 saturated heterocycles. The molecule has 2 heterocycles. The van der Waals surface area contributed by atoms with E-state index >= 15 is 0 Å². The van der Waals surface area contributed by atoms with Crippen LogP contribution in [0.25, 0.3) is 0 Å². The third-order valence-corrected chi connectivity index (χ3v) is 6.28. The molecule has 1 aliphatic carbocycles. The first-order valence-corrected chi connectivity index (χ1v) is 8.42. The predicted molar refractivity (Wildman–Crippen MR) is 78.9 cm³/mol. The Morgan fingerprint density at radius 1 is 1.41 bits per heavy atom. The topological polar surface area (TPSA) is 26.0 Å². The number of thiophene rings is 2. The van der Waals surface area contributed by atoms with Crippen LogP contribution in [-0.2, 0) is 6.42 Å². The normalized spacial score (nSPS) is 21.2. The van der Waals surface area contributed by atoms with Crippen molar-refractivity contribution in [3.05, 3.63) is 42.7 Å². The monoisotopic (exact) mass is 327 g/mol. The molecule has 0 saturated carbocycles. The van der Waals surface area contributed by atoms with Crippen LogP contribution in [0.5, 0.6) is 0 Å². The minimum absolute atomic E-state index is 0.129. The maximum absolute atomic E-state index is 6.47. The summed E-state index contributed by atoms with van der Waals surface area (Å²) in [4.78, 5) is 1.54. The highest BCUT2D eigenvalue weighted by Crippen LogP contribution is 2.43. The first kappa shape index (κ1) is 11.9. The Balaban J connectivity index is 1.94. The van der Waals surface area contributed by atoms with Gasteiger partial charge in [-0.15, -0.1) is 11.3 Å². The molecule has 17 heavy (non-hydrogen) atoms. The molecule has 2 unspecified atom stereocenters. The van der Waals surface area contributed by atoms with Crippen LogP contribution < -0.4 is 5.73 Å². The van der Waals surface area contributed by atoms with Gasteiger partial charge in [-0.25, -0.2) is 0 Å². The van der Waals surface area contributed by atoms with E-state index in [-0.39, 0.29) is 6.04 Å². The van der Waals surface area contributed by atoms with Crippen LogP contribution in [0.4, 0.5) is 0 Å². The van der Waals surface area contributed by atoms with Crippen LogP contribution in [0.3, 0.4) is 0 Å². The molecular formula is C13H14BrNS2. The molecule has 4 heteroatoms. The summed E-state index contributed by atoms with van der Waals surface area (Å²) >= 11 is 7.20. The fourth-order valence-electron chi connectivity index (χ4n) is 2.64. The van der Waals surface area contributed by atoms with Crippen molar-refractivity contribution in [2.45, 2.75) is 31.2 Å². The molecule has 1 aliphatic rings. The molecule has 1 nitrogen and oxygen atoms in total. The SMILES string of the molecule is NC(c1cscc1Br)C1CCCc2sccc21. The lowest BCUT2D eigenvalue weighted by atomic mass is 9.81. The number of aryl methyl sites for hydroxylation is 1. The minimum Gasteiger partial charge on any atom is -0.323 e. The minimum atomic E-state index is 0.129. The second-order valence-corrected chi connectivity index (χ2v) is 7.10. The molecular weight excluding hydrogens is 314 g/mol. The smallest absolute Gasteiger partial charge is 0.0384 e. The lowest BCUT2D eigenvalue weighted by molar-refractivity contribution is 0.479. The molecule has 0 aromatic carbocycles. The van der Waals surface area contributed by atoms with E-state index in [4.69, 9.17) is 5.73 Å². The zero-order valence-electron chi connectivity index (χ0n) is 9.36. The van der Waals surface area contributed by atoms with Gasteiger partial charge in [0.1, 0.15) is 0 Å². The van der Waals surface area contributed by atoms with E-state index in [1.54, 1.807) is 16.2 Å². The van der Waals surface area contributed by atoms with Crippen molar-refractivity contribution in [2.24, 2.45) is 5.73 Å². The summed E-state index contributed by atoms with van der Waals surface area (Å²) in [5.74, 6) is 0.496. The number of rotatable bonds is 2. The number of fused-ring (bicyclic) bond motifs is 1. The van der Waals surface area contributed by atoms with Gasteiger partial charge in [0.25, 0.3) is 0 Å². The summed E-state index contributed by atoms with van der Waals surface area (Å²) in [6, 6.07) is 2.40. The average Bonchev–Trinajstić information content (AvgIpc) is 2.95. The van der Waals surface area contributed by atoms with Gasteiger partial charge in [0, 0.05) is 26.7 Å². The van der Waals surface area contributed by atoms with Gasteiger partial charge in [-0.2, -0.15) is 11.3 Å². The van der Waals surface area contributed by atoms with E-state index in [9.17, 15) is 0 Å². The second-order valence-electron chi connectivity index (χ2n) is 4.50. The van der Waals surface area contributed by atoms with E-state index in [2.05, 4.69) is 38.1 Å². The van der Waals surface area contributed by atoms with Crippen molar-refractivity contribution in [1.82, 2.24) is 0 Å². The largest absolute Gasteiger partial charge is 0.323 e. The molecule has 2 aromatic heterocycles. The van der Waals surface area contributed by atoms with Crippen LogP contribution in [0, 0.1) is 0 Å². The van der Waals surface area contributed by atoms with Crippen LogP contribution in [0.2, 0.25) is 0 Å². The van der Waals surface area contributed by atoms with E-state index in [1.807, 2.05) is 11.3 Å². The quantitative estimate of drug-likeness (QED) is 0.850. The zero-order valence-corrected chi connectivity index (χ0v) is 12.6. The fraction of sp³-hybridized carbons (Fsp3) is 0.385. The Morgan fingerprint density at radius 2 is 2.29 bits per heavy atom. The molecule has 0 fully saturated rings. The van der Waals surface area contributed by atoms with Crippen LogP contribution in [0.15, 0.2) is 26.7 Å². The maximum atomic E-state index is 6.47. The molecule has 2 N–H and O–H groups in total. The van der Waals surface area contributed by atoms with E-state index in [0.717, 1.165) is 4.47 Å². The summed E-state index contributed by atoms with van der Waals surface area (Å²) in [5.41, 5.74) is 9.23. The highest BCUT2D eigenvalue weighted by molar-refractivity contribution is 9.10. The summed E-state index contributed by atoms with van der Waals surface area (Å²) in [6.45, 7) is 0. The summed E-state index contributed by atoms with van der Waals surface area (Å²) < 4.78 is 1.16. The highest BCUT2D eigenvalue weighted by Gasteiger charge is 2.28. The zero-order chi connectivity index (χ0) is 11.8. The van der Waals surface area contributed by atoms with Gasteiger partial charge in [-0.1, -0.05) is 0 Å².